The summed E-state index contributed by atoms with van der Waals surface area (Å²) in [6.45, 7) is 1.04. The number of amides is 1. The van der Waals surface area contributed by atoms with Crippen LogP contribution >= 0.6 is 0 Å². The lowest BCUT2D eigenvalue weighted by Gasteiger charge is -2.15. The van der Waals surface area contributed by atoms with Crippen LogP contribution in [-0.2, 0) is 32.3 Å². The van der Waals surface area contributed by atoms with Crippen LogP contribution in [0.25, 0.3) is 5.69 Å². The lowest BCUT2D eigenvalue weighted by atomic mass is 10.2. The van der Waals surface area contributed by atoms with Crippen LogP contribution in [0.5, 0.6) is 5.75 Å². The Morgan fingerprint density at radius 2 is 1.71 bits per heavy atom. The number of carbonyl (C=O) groups is 1. The highest BCUT2D eigenvalue weighted by Crippen LogP contribution is 2.32. The highest BCUT2D eigenvalue weighted by Gasteiger charge is 2.29. The topological polar surface area (TPSA) is 111 Å². The molecule has 0 aliphatic carbocycles. The monoisotopic (exact) mass is 500 g/mol. The normalized spacial score (nSPS) is 18.1. The summed E-state index contributed by atoms with van der Waals surface area (Å²) in [5.74, 6) is 1.41. The van der Waals surface area contributed by atoms with E-state index in [-0.39, 0.29) is 4.90 Å². The van der Waals surface area contributed by atoms with Crippen molar-refractivity contribution in [2.75, 3.05) is 25.5 Å². The summed E-state index contributed by atoms with van der Waals surface area (Å²) in [7, 11) is -3.03. The molecule has 0 unspecified atom stereocenters. The van der Waals surface area contributed by atoms with E-state index in [2.05, 4.69) is 10.4 Å². The Morgan fingerprint density at radius 3 is 2.35 bits per heavy atom. The van der Waals surface area contributed by atoms with Gasteiger partial charge in [0.25, 0.3) is 5.91 Å². The first kappa shape index (κ1) is 22.8. The highest BCUT2D eigenvalue weighted by atomic mass is 32.2. The molecule has 1 saturated heterocycles. The maximum atomic E-state index is 13.1. The number of ether oxygens (including phenoxy) is 1. The first-order valence-electron chi connectivity index (χ1n) is 10.9. The van der Waals surface area contributed by atoms with Crippen molar-refractivity contribution in [1.82, 2.24) is 14.1 Å². The molecule has 3 heterocycles. The third kappa shape index (κ3) is 4.15. The van der Waals surface area contributed by atoms with Crippen molar-refractivity contribution in [3.05, 3.63) is 65.4 Å². The molecule has 34 heavy (non-hydrogen) atoms. The average molecular weight is 501 g/mol. The lowest BCUT2D eigenvalue weighted by Crippen LogP contribution is -2.27. The number of methoxy groups -OCH3 is 1. The number of sulfonamides is 1. The molecule has 2 aromatic carbocycles. The number of hydrogen-bond acceptors (Lipinski definition) is 6. The van der Waals surface area contributed by atoms with Gasteiger partial charge in [0.15, 0.2) is 0 Å². The SMILES string of the molecule is COc1ccc(-n2nc3c(c2NC(=O)c2ccc(S(=O)(=O)N4CCCC4)cc2)C[S@@](=O)C3)cc1. The van der Waals surface area contributed by atoms with Crippen LogP contribution in [0.2, 0.25) is 0 Å². The Balaban J connectivity index is 1.42. The summed E-state index contributed by atoms with van der Waals surface area (Å²) < 4.78 is 45.9. The smallest absolute Gasteiger partial charge is 0.256 e. The first-order valence-corrected chi connectivity index (χ1v) is 13.8. The van der Waals surface area contributed by atoms with Gasteiger partial charge in [-0.25, -0.2) is 13.1 Å². The van der Waals surface area contributed by atoms with Crippen LogP contribution in [0.1, 0.15) is 34.5 Å². The van der Waals surface area contributed by atoms with Gasteiger partial charge in [-0.1, -0.05) is 0 Å². The van der Waals surface area contributed by atoms with Crippen LogP contribution < -0.4 is 10.1 Å². The largest absolute Gasteiger partial charge is 0.497 e. The van der Waals surface area contributed by atoms with Gasteiger partial charge in [0.05, 0.1) is 34.9 Å². The van der Waals surface area contributed by atoms with E-state index in [4.69, 9.17) is 4.74 Å². The Labute approximate surface area is 200 Å². The van der Waals surface area contributed by atoms with Crippen LogP contribution in [0.4, 0.5) is 5.82 Å². The minimum absolute atomic E-state index is 0.172. The molecule has 11 heteroatoms. The molecular formula is C23H24N4O5S2. The van der Waals surface area contributed by atoms with Crippen LogP contribution in [0.3, 0.4) is 0 Å². The predicted octanol–water partition coefficient (Wildman–Crippen LogP) is 2.68. The molecule has 0 bridgehead atoms. The highest BCUT2D eigenvalue weighted by molar-refractivity contribution is 7.89. The molecule has 1 amide bonds. The molecule has 0 spiro atoms. The average Bonchev–Trinajstić information content (AvgIpc) is 3.57. The van der Waals surface area contributed by atoms with Crippen molar-refractivity contribution in [3.8, 4) is 11.4 Å². The molecular weight excluding hydrogens is 476 g/mol. The maximum Gasteiger partial charge on any atom is 0.256 e. The fourth-order valence-electron chi connectivity index (χ4n) is 4.20. The minimum Gasteiger partial charge on any atom is -0.497 e. The van der Waals surface area contributed by atoms with Gasteiger partial charge < -0.3 is 10.1 Å². The van der Waals surface area contributed by atoms with Crippen molar-refractivity contribution in [1.29, 1.82) is 0 Å². The fraction of sp³-hybridized carbons (Fsp3) is 0.304. The minimum atomic E-state index is -3.55. The Bertz CT molecular complexity index is 1360. The van der Waals surface area contributed by atoms with Gasteiger partial charge >= 0.3 is 0 Å². The summed E-state index contributed by atoms with van der Waals surface area (Å²) in [5, 5.41) is 7.49. The lowest BCUT2D eigenvalue weighted by molar-refractivity contribution is 0.102. The molecule has 1 aromatic heterocycles. The Morgan fingerprint density at radius 1 is 1.03 bits per heavy atom. The van der Waals surface area contributed by atoms with Crippen LogP contribution in [0.15, 0.2) is 53.4 Å². The molecule has 0 saturated carbocycles. The molecule has 2 aliphatic rings. The fourth-order valence-corrected chi connectivity index (χ4v) is 6.98. The third-order valence-corrected chi connectivity index (χ3v) is 9.16. The van der Waals surface area contributed by atoms with E-state index in [0.717, 1.165) is 24.1 Å². The summed E-state index contributed by atoms with van der Waals surface area (Å²) in [6.07, 6.45) is 1.72. The number of benzene rings is 2. The van der Waals surface area contributed by atoms with Gasteiger partial charge in [-0.2, -0.15) is 9.40 Å². The van der Waals surface area contributed by atoms with Gasteiger partial charge in [-0.15, -0.1) is 0 Å². The third-order valence-electron chi connectivity index (χ3n) is 6.04. The van der Waals surface area contributed by atoms with Crippen molar-refractivity contribution in [3.63, 3.8) is 0 Å². The number of aromatic nitrogens is 2. The molecule has 3 aromatic rings. The molecule has 1 N–H and O–H groups in total. The van der Waals surface area contributed by atoms with Gasteiger partial charge in [0.1, 0.15) is 11.6 Å². The first-order chi connectivity index (χ1) is 16.4. The maximum absolute atomic E-state index is 13.1. The second-order valence-electron chi connectivity index (χ2n) is 8.20. The molecule has 1 fully saturated rings. The zero-order chi connectivity index (χ0) is 23.9. The number of fused-ring (bicyclic) bond motifs is 1. The number of nitrogens with one attached hydrogen (secondary N) is 1. The molecule has 1 atom stereocenters. The number of anilines is 1. The van der Waals surface area contributed by atoms with E-state index in [1.165, 1.54) is 28.6 Å². The standard InChI is InChI=1S/C23H24N4O5S2/c1-32-18-8-6-17(7-9-18)27-22(20-14-33(29)15-21(20)25-27)24-23(28)16-4-10-19(11-5-16)34(30,31)26-12-2-3-13-26/h4-11H,2-3,12-15H2,1H3,(H,24,28)/t33-/m1/s1. The van der Waals surface area contributed by atoms with Crippen molar-refractivity contribution < 1.29 is 22.2 Å². The summed E-state index contributed by atoms with van der Waals surface area (Å²) in [4.78, 5) is 13.3. The molecule has 0 radical (unpaired) electrons. The van der Waals surface area contributed by atoms with Crippen molar-refractivity contribution in [2.24, 2.45) is 0 Å². The Hall–Kier alpha value is -3.02. The van der Waals surface area contributed by atoms with Crippen LogP contribution in [0, 0.1) is 0 Å². The Kier molecular flexibility index (Phi) is 6.00. The van der Waals surface area contributed by atoms with E-state index < -0.39 is 26.7 Å². The van der Waals surface area contributed by atoms with E-state index in [1.54, 1.807) is 23.9 Å². The second kappa shape index (κ2) is 8.97. The summed E-state index contributed by atoms with van der Waals surface area (Å²) in [6, 6.07) is 13.2. The van der Waals surface area contributed by atoms with Crippen molar-refractivity contribution >= 4 is 32.5 Å². The molecule has 9 nitrogen and oxygen atoms in total. The molecule has 2 aliphatic heterocycles. The van der Waals surface area contributed by atoms with E-state index >= 15 is 0 Å². The molecule has 5 rings (SSSR count). The molecule has 178 valence electrons. The van der Waals surface area contributed by atoms with E-state index in [0.29, 0.717) is 47.4 Å². The second-order valence-corrected chi connectivity index (χ2v) is 11.6. The zero-order valence-electron chi connectivity index (χ0n) is 18.6. The predicted molar refractivity (Wildman–Crippen MR) is 128 cm³/mol. The van der Waals surface area contributed by atoms with E-state index in [1.807, 2.05) is 12.1 Å². The van der Waals surface area contributed by atoms with Crippen LogP contribution in [-0.4, -0.2) is 52.8 Å². The number of carbonyl (C=O) groups excluding carboxylic acids is 1. The zero-order valence-corrected chi connectivity index (χ0v) is 20.2. The number of rotatable bonds is 6. The quantitative estimate of drug-likeness (QED) is 0.557. The van der Waals surface area contributed by atoms with E-state index in [9.17, 15) is 17.4 Å². The summed E-state index contributed by atoms with van der Waals surface area (Å²) in [5.41, 5.74) is 2.48. The van der Waals surface area contributed by atoms with Crippen molar-refractivity contribution in [2.45, 2.75) is 29.2 Å². The summed E-state index contributed by atoms with van der Waals surface area (Å²) >= 11 is 0. The van der Waals surface area contributed by atoms with Gasteiger partial charge in [-0.3, -0.25) is 9.00 Å². The van der Waals surface area contributed by atoms with Gasteiger partial charge in [0, 0.05) is 35.0 Å². The number of nitrogens with zero attached hydrogens (tertiary/aromatic N) is 3. The van der Waals surface area contributed by atoms with Gasteiger partial charge in [0.2, 0.25) is 10.0 Å². The van der Waals surface area contributed by atoms with Gasteiger partial charge in [-0.05, 0) is 61.4 Å². The number of hydrogen-bond donors (Lipinski definition) is 1.